The lowest BCUT2D eigenvalue weighted by atomic mass is 10.2. The molecule has 126 valence electrons. The van der Waals surface area contributed by atoms with Gasteiger partial charge in [-0.2, -0.15) is 0 Å². The van der Waals surface area contributed by atoms with Crippen molar-refractivity contribution < 1.29 is 4.79 Å². The molecule has 5 heteroatoms. The van der Waals surface area contributed by atoms with E-state index in [1.54, 1.807) is 7.05 Å². The third-order valence-electron chi connectivity index (χ3n) is 3.43. The minimum absolute atomic E-state index is 0.0310. The van der Waals surface area contributed by atoms with Crippen LogP contribution in [0, 0.1) is 0 Å². The standard InChI is InChI=1S/C18H28N4O/c1-4-5-9-15-22(3)18(19-2)21-14-10-13-20-17(23)16-11-7-6-8-12-16/h4,6-8,11-12H,1,5,9-10,13-15H2,2-3H3,(H,19,21)(H,20,23). The first-order chi connectivity index (χ1) is 11.2. The van der Waals surface area contributed by atoms with Gasteiger partial charge in [0, 0.05) is 39.3 Å². The summed E-state index contributed by atoms with van der Waals surface area (Å²) in [5, 5.41) is 6.23. The average molecular weight is 316 g/mol. The summed E-state index contributed by atoms with van der Waals surface area (Å²) in [6.07, 6.45) is 4.85. The fraction of sp³-hybridized carbons (Fsp3) is 0.444. The number of carbonyl (C=O) groups is 1. The average Bonchev–Trinajstić information content (AvgIpc) is 2.58. The summed E-state index contributed by atoms with van der Waals surface area (Å²) in [7, 11) is 3.80. The summed E-state index contributed by atoms with van der Waals surface area (Å²) in [5.74, 6) is 0.847. The Hall–Kier alpha value is -2.30. The Labute approximate surface area is 139 Å². The van der Waals surface area contributed by atoms with Crippen molar-refractivity contribution in [3.8, 4) is 0 Å². The topological polar surface area (TPSA) is 56.7 Å². The third kappa shape index (κ3) is 7.49. The van der Waals surface area contributed by atoms with E-state index in [9.17, 15) is 4.79 Å². The second-order valence-corrected chi connectivity index (χ2v) is 5.30. The Kier molecular flexibility index (Phi) is 9.20. The van der Waals surface area contributed by atoms with Crippen LogP contribution in [0.15, 0.2) is 48.0 Å². The molecule has 23 heavy (non-hydrogen) atoms. The van der Waals surface area contributed by atoms with Crippen molar-refractivity contribution in [2.75, 3.05) is 33.7 Å². The Morgan fingerprint density at radius 1 is 1.22 bits per heavy atom. The van der Waals surface area contributed by atoms with E-state index in [0.717, 1.165) is 38.3 Å². The van der Waals surface area contributed by atoms with Crippen molar-refractivity contribution in [2.45, 2.75) is 19.3 Å². The number of allylic oxidation sites excluding steroid dienone is 1. The molecule has 0 spiro atoms. The van der Waals surface area contributed by atoms with Gasteiger partial charge in [0.1, 0.15) is 0 Å². The van der Waals surface area contributed by atoms with E-state index in [2.05, 4.69) is 27.1 Å². The van der Waals surface area contributed by atoms with Crippen LogP contribution >= 0.6 is 0 Å². The summed E-state index contributed by atoms with van der Waals surface area (Å²) in [6.45, 7) is 6.08. The predicted molar refractivity (Wildman–Crippen MR) is 96.8 cm³/mol. The molecular weight excluding hydrogens is 288 g/mol. The van der Waals surface area contributed by atoms with Crippen LogP contribution in [-0.4, -0.2) is 50.5 Å². The van der Waals surface area contributed by atoms with Crippen molar-refractivity contribution in [1.82, 2.24) is 15.5 Å². The molecule has 1 aromatic rings. The second kappa shape index (κ2) is 11.3. The molecule has 0 radical (unpaired) electrons. The number of nitrogens with zero attached hydrogens (tertiary/aromatic N) is 2. The minimum Gasteiger partial charge on any atom is -0.356 e. The number of rotatable bonds is 9. The van der Waals surface area contributed by atoms with E-state index in [1.807, 2.05) is 43.5 Å². The maximum absolute atomic E-state index is 11.9. The lowest BCUT2D eigenvalue weighted by Crippen LogP contribution is -2.40. The molecule has 0 aromatic heterocycles. The molecule has 0 atom stereocenters. The Bertz CT molecular complexity index is 499. The fourth-order valence-electron chi connectivity index (χ4n) is 2.15. The number of unbranched alkanes of at least 4 members (excludes halogenated alkanes) is 1. The van der Waals surface area contributed by atoms with E-state index >= 15 is 0 Å². The smallest absolute Gasteiger partial charge is 0.251 e. The van der Waals surface area contributed by atoms with Crippen LogP contribution in [0.4, 0.5) is 0 Å². The highest BCUT2D eigenvalue weighted by Crippen LogP contribution is 1.97. The zero-order valence-electron chi connectivity index (χ0n) is 14.2. The van der Waals surface area contributed by atoms with Gasteiger partial charge < -0.3 is 15.5 Å². The Balaban J connectivity index is 2.20. The Morgan fingerprint density at radius 3 is 2.57 bits per heavy atom. The number of benzene rings is 1. The van der Waals surface area contributed by atoms with Crippen molar-refractivity contribution in [1.29, 1.82) is 0 Å². The van der Waals surface area contributed by atoms with E-state index in [1.165, 1.54) is 0 Å². The summed E-state index contributed by atoms with van der Waals surface area (Å²) in [4.78, 5) is 18.2. The van der Waals surface area contributed by atoms with Gasteiger partial charge >= 0.3 is 0 Å². The molecule has 0 aliphatic heterocycles. The summed E-state index contributed by atoms with van der Waals surface area (Å²) in [5.41, 5.74) is 0.693. The molecule has 0 aliphatic carbocycles. The van der Waals surface area contributed by atoms with E-state index < -0.39 is 0 Å². The molecule has 0 bridgehead atoms. The van der Waals surface area contributed by atoms with Crippen LogP contribution in [0.1, 0.15) is 29.6 Å². The first kappa shape index (κ1) is 18.7. The van der Waals surface area contributed by atoms with Crippen LogP contribution in [0.3, 0.4) is 0 Å². The van der Waals surface area contributed by atoms with E-state index in [4.69, 9.17) is 0 Å². The first-order valence-electron chi connectivity index (χ1n) is 8.05. The molecule has 0 aliphatic rings. The molecule has 0 unspecified atom stereocenters. The molecule has 1 amide bonds. The molecule has 1 aromatic carbocycles. The monoisotopic (exact) mass is 316 g/mol. The van der Waals surface area contributed by atoms with Gasteiger partial charge in [-0.1, -0.05) is 24.3 Å². The summed E-state index contributed by atoms with van der Waals surface area (Å²) < 4.78 is 0. The van der Waals surface area contributed by atoms with Crippen molar-refractivity contribution in [3.05, 3.63) is 48.6 Å². The molecule has 0 saturated heterocycles. The highest BCUT2D eigenvalue weighted by atomic mass is 16.1. The molecule has 5 nitrogen and oxygen atoms in total. The van der Waals surface area contributed by atoms with Gasteiger partial charge in [-0.25, -0.2) is 0 Å². The van der Waals surface area contributed by atoms with Gasteiger partial charge in [0.25, 0.3) is 5.91 Å². The Morgan fingerprint density at radius 2 is 1.91 bits per heavy atom. The SMILES string of the molecule is C=CCCCN(C)C(=NC)NCCCNC(=O)c1ccccc1. The van der Waals surface area contributed by atoms with Crippen LogP contribution in [-0.2, 0) is 0 Å². The molecule has 2 N–H and O–H groups in total. The highest BCUT2D eigenvalue weighted by molar-refractivity contribution is 5.94. The first-order valence-corrected chi connectivity index (χ1v) is 8.05. The zero-order valence-corrected chi connectivity index (χ0v) is 14.2. The predicted octanol–water partition coefficient (Wildman–Crippen LogP) is 2.28. The minimum atomic E-state index is -0.0310. The van der Waals surface area contributed by atoms with Crippen molar-refractivity contribution in [3.63, 3.8) is 0 Å². The quantitative estimate of drug-likeness (QED) is 0.318. The molecule has 0 saturated carbocycles. The van der Waals surface area contributed by atoms with Crippen LogP contribution in [0.5, 0.6) is 0 Å². The lowest BCUT2D eigenvalue weighted by molar-refractivity contribution is 0.0953. The summed E-state index contributed by atoms with van der Waals surface area (Å²) >= 11 is 0. The van der Waals surface area contributed by atoms with Gasteiger partial charge in [0.2, 0.25) is 0 Å². The zero-order chi connectivity index (χ0) is 16.9. The van der Waals surface area contributed by atoms with Crippen molar-refractivity contribution >= 4 is 11.9 Å². The molecular formula is C18H28N4O. The largest absolute Gasteiger partial charge is 0.356 e. The number of amides is 1. The van der Waals surface area contributed by atoms with Gasteiger partial charge in [0.15, 0.2) is 5.96 Å². The lowest BCUT2D eigenvalue weighted by Gasteiger charge is -2.21. The maximum atomic E-state index is 11.9. The molecule has 1 rings (SSSR count). The van der Waals surface area contributed by atoms with Crippen molar-refractivity contribution in [2.24, 2.45) is 4.99 Å². The van der Waals surface area contributed by atoms with Gasteiger partial charge in [-0.15, -0.1) is 6.58 Å². The van der Waals surface area contributed by atoms with E-state index in [0.29, 0.717) is 12.1 Å². The number of nitrogens with one attached hydrogen (secondary N) is 2. The third-order valence-corrected chi connectivity index (χ3v) is 3.43. The normalized spacial score (nSPS) is 11.0. The van der Waals surface area contributed by atoms with E-state index in [-0.39, 0.29) is 5.91 Å². The highest BCUT2D eigenvalue weighted by Gasteiger charge is 2.05. The summed E-state index contributed by atoms with van der Waals surface area (Å²) in [6, 6.07) is 9.25. The van der Waals surface area contributed by atoms with Crippen LogP contribution in [0.2, 0.25) is 0 Å². The van der Waals surface area contributed by atoms with Gasteiger partial charge in [-0.3, -0.25) is 9.79 Å². The van der Waals surface area contributed by atoms with Crippen LogP contribution < -0.4 is 10.6 Å². The molecule has 0 fully saturated rings. The molecule has 0 heterocycles. The number of aliphatic imine (C=N–C) groups is 1. The number of hydrogen-bond acceptors (Lipinski definition) is 2. The van der Waals surface area contributed by atoms with Gasteiger partial charge in [-0.05, 0) is 31.4 Å². The maximum Gasteiger partial charge on any atom is 0.251 e. The number of hydrogen-bond donors (Lipinski definition) is 2. The number of guanidine groups is 1. The number of carbonyl (C=O) groups excluding carboxylic acids is 1. The second-order valence-electron chi connectivity index (χ2n) is 5.30. The fourth-order valence-corrected chi connectivity index (χ4v) is 2.15. The van der Waals surface area contributed by atoms with Gasteiger partial charge in [0.05, 0.1) is 0 Å². The van der Waals surface area contributed by atoms with Crippen LogP contribution in [0.25, 0.3) is 0 Å².